The Hall–Kier alpha value is -0.870. The van der Waals surface area contributed by atoms with Gasteiger partial charge in [-0.05, 0) is 26.2 Å². The first-order valence-electron chi connectivity index (χ1n) is 6.98. The summed E-state index contributed by atoms with van der Waals surface area (Å²) in [5.41, 5.74) is -0.522. The molecular formula is C14H26N2O2. The standard InChI is InChI=1S/C14H26N2O2/c1-5-10-16-11-9-15-13(16)12(17)14(6-2,7-3)18-8-4/h9,11-12,17H,5-8,10H2,1-4H3. The van der Waals surface area contributed by atoms with Gasteiger partial charge in [0.25, 0.3) is 0 Å². The van der Waals surface area contributed by atoms with Crippen molar-refractivity contribution in [3.8, 4) is 0 Å². The predicted octanol–water partition coefficient (Wildman–Crippen LogP) is 2.92. The number of aliphatic hydroxyl groups is 1. The van der Waals surface area contributed by atoms with Crippen molar-refractivity contribution < 1.29 is 9.84 Å². The van der Waals surface area contributed by atoms with Gasteiger partial charge in [0, 0.05) is 25.5 Å². The van der Waals surface area contributed by atoms with E-state index in [0.29, 0.717) is 12.4 Å². The van der Waals surface area contributed by atoms with Crippen molar-refractivity contribution in [3.05, 3.63) is 18.2 Å². The Bertz CT molecular complexity index is 345. The normalized spacial score (nSPS) is 13.8. The van der Waals surface area contributed by atoms with Gasteiger partial charge in [-0.25, -0.2) is 4.98 Å². The minimum Gasteiger partial charge on any atom is -0.382 e. The van der Waals surface area contributed by atoms with Gasteiger partial charge in [0.2, 0.25) is 0 Å². The number of hydrogen-bond donors (Lipinski definition) is 1. The summed E-state index contributed by atoms with van der Waals surface area (Å²) in [6.45, 7) is 9.66. The third-order valence-corrected chi connectivity index (χ3v) is 3.58. The summed E-state index contributed by atoms with van der Waals surface area (Å²) in [5, 5.41) is 10.6. The largest absolute Gasteiger partial charge is 0.382 e. The summed E-state index contributed by atoms with van der Waals surface area (Å²) in [4.78, 5) is 4.31. The molecule has 0 aliphatic carbocycles. The molecule has 0 fully saturated rings. The smallest absolute Gasteiger partial charge is 0.141 e. The molecule has 4 heteroatoms. The van der Waals surface area contributed by atoms with Crippen molar-refractivity contribution in [2.75, 3.05) is 6.61 Å². The summed E-state index contributed by atoms with van der Waals surface area (Å²) in [6.07, 6.45) is 5.57. The first kappa shape index (κ1) is 15.2. The minimum absolute atomic E-state index is 0.522. The zero-order valence-corrected chi connectivity index (χ0v) is 12.0. The van der Waals surface area contributed by atoms with Gasteiger partial charge < -0.3 is 14.4 Å². The molecule has 4 nitrogen and oxygen atoms in total. The van der Waals surface area contributed by atoms with Crippen LogP contribution in [0.3, 0.4) is 0 Å². The second-order valence-electron chi connectivity index (χ2n) is 4.59. The summed E-state index contributed by atoms with van der Waals surface area (Å²) in [5.74, 6) is 0.717. The SMILES string of the molecule is CCCn1ccnc1C(O)C(CC)(CC)OCC. The summed E-state index contributed by atoms with van der Waals surface area (Å²) in [7, 11) is 0. The first-order chi connectivity index (χ1) is 8.65. The molecule has 104 valence electrons. The van der Waals surface area contributed by atoms with E-state index in [1.165, 1.54) is 0 Å². The highest BCUT2D eigenvalue weighted by atomic mass is 16.5. The van der Waals surface area contributed by atoms with Crippen LogP contribution in [0.4, 0.5) is 0 Å². The molecule has 1 rings (SSSR count). The second-order valence-corrected chi connectivity index (χ2v) is 4.59. The van der Waals surface area contributed by atoms with Crippen LogP contribution in [0.15, 0.2) is 12.4 Å². The molecule has 18 heavy (non-hydrogen) atoms. The van der Waals surface area contributed by atoms with Gasteiger partial charge in [0.15, 0.2) is 0 Å². The van der Waals surface area contributed by atoms with Crippen LogP contribution >= 0.6 is 0 Å². The predicted molar refractivity (Wildman–Crippen MR) is 72.4 cm³/mol. The van der Waals surface area contributed by atoms with E-state index in [1.54, 1.807) is 6.20 Å². The third-order valence-electron chi connectivity index (χ3n) is 3.58. The van der Waals surface area contributed by atoms with Crippen molar-refractivity contribution in [3.63, 3.8) is 0 Å². The molecule has 0 aliphatic rings. The number of ether oxygens (including phenoxy) is 1. The molecule has 0 aliphatic heterocycles. The number of aliphatic hydroxyl groups excluding tert-OH is 1. The van der Waals surface area contributed by atoms with E-state index in [1.807, 2.05) is 17.7 Å². The molecule has 0 radical (unpaired) electrons. The molecule has 0 bridgehead atoms. The average molecular weight is 254 g/mol. The van der Waals surface area contributed by atoms with Crippen LogP contribution in [0.5, 0.6) is 0 Å². The lowest BCUT2D eigenvalue weighted by Crippen LogP contribution is -2.39. The van der Waals surface area contributed by atoms with Crippen LogP contribution in [0.25, 0.3) is 0 Å². The fourth-order valence-electron chi connectivity index (χ4n) is 2.44. The van der Waals surface area contributed by atoms with Crippen molar-refractivity contribution >= 4 is 0 Å². The van der Waals surface area contributed by atoms with Gasteiger partial charge in [-0.15, -0.1) is 0 Å². The van der Waals surface area contributed by atoms with Crippen molar-refractivity contribution in [2.45, 2.75) is 65.2 Å². The molecule has 1 N–H and O–H groups in total. The fraction of sp³-hybridized carbons (Fsp3) is 0.786. The Balaban J connectivity index is 3.01. The number of aryl methyl sites for hydroxylation is 1. The minimum atomic E-state index is -0.672. The van der Waals surface area contributed by atoms with E-state index >= 15 is 0 Å². The molecule has 1 aromatic heterocycles. The van der Waals surface area contributed by atoms with Gasteiger partial charge in [0.1, 0.15) is 17.5 Å². The number of imidazole rings is 1. The molecule has 1 atom stereocenters. The van der Waals surface area contributed by atoms with Crippen LogP contribution in [-0.4, -0.2) is 26.9 Å². The molecule has 1 heterocycles. The summed E-state index contributed by atoms with van der Waals surface area (Å²) >= 11 is 0. The van der Waals surface area contributed by atoms with E-state index in [2.05, 4.69) is 25.8 Å². The van der Waals surface area contributed by atoms with E-state index in [-0.39, 0.29) is 0 Å². The second kappa shape index (κ2) is 6.90. The Morgan fingerprint density at radius 2 is 2.00 bits per heavy atom. The maximum atomic E-state index is 10.6. The maximum Gasteiger partial charge on any atom is 0.141 e. The van der Waals surface area contributed by atoms with Gasteiger partial charge in [-0.2, -0.15) is 0 Å². The quantitative estimate of drug-likeness (QED) is 0.776. The lowest BCUT2D eigenvalue weighted by molar-refractivity contribution is -0.131. The molecule has 0 saturated carbocycles. The van der Waals surface area contributed by atoms with Crippen molar-refractivity contribution in [1.82, 2.24) is 9.55 Å². The Morgan fingerprint density at radius 3 is 2.50 bits per heavy atom. The number of hydrogen-bond acceptors (Lipinski definition) is 3. The van der Waals surface area contributed by atoms with E-state index < -0.39 is 11.7 Å². The van der Waals surface area contributed by atoms with Crippen molar-refractivity contribution in [2.24, 2.45) is 0 Å². The molecule has 0 saturated heterocycles. The van der Waals surface area contributed by atoms with Crippen LogP contribution in [0.1, 0.15) is 58.9 Å². The molecule has 1 unspecified atom stereocenters. The molecule has 0 amide bonds. The number of rotatable bonds is 8. The van der Waals surface area contributed by atoms with Crippen LogP contribution in [-0.2, 0) is 11.3 Å². The number of aromatic nitrogens is 2. The Kier molecular flexibility index (Phi) is 5.82. The highest BCUT2D eigenvalue weighted by Gasteiger charge is 2.38. The lowest BCUT2D eigenvalue weighted by atomic mass is 9.89. The highest BCUT2D eigenvalue weighted by molar-refractivity contribution is 5.04. The average Bonchev–Trinajstić information content (AvgIpc) is 2.84. The molecule has 0 spiro atoms. The summed E-state index contributed by atoms with van der Waals surface area (Å²) in [6, 6.07) is 0. The van der Waals surface area contributed by atoms with Gasteiger partial charge >= 0.3 is 0 Å². The van der Waals surface area contributed by atoms with E-state index in [0.717, 1.165) is 25.8 Å². The molecule has 0 aromatic carbocycles. The Morgan fingerprint density at radius 1 is 1.33 bits per heavy atom. The molecular weight excluding hydrogens is 228 g/mol. The van der Waals surface area contributed by atoms with Crippen LogP contribution < -0.4 is 0 Å². The third kappa shape index (κ3) is 2.93. The van der Waals surface area contributed by atoms with Crippen LogP contribution in [0, 0.1) is 0 Å². The lowest BCUT2D eigenvalue weighted by Gasteiger charge is -2.36. The molecule has 1 aromatic rings. The summed E-state index contributed by atoms with van der Waals surface area (Å²) < 4.78 is 7.86. The van der Waals surface area contributed by atoms with Crippen molar-refractivity contribution in [1.29, 1.82) is 0 Å². The monoisotopic (exact) mass is 254 g/mol. The zero-order chi connectivity index (χ0) is 13.6. The zero-order valence-electron chi connectivity index (χ0n) is 12.0. The highest BCUT2D eigenvalue weighted by Crippen LogP contribution is 2.34. The van der Waals surface area contributed by atoms with Crippen LogP contribution in [0.2, 0.25) is 0 Å². The topological polar surface area (TPSA) is 47.3 Å². The van der Waals surface area contributed by atoms with Gasteiger partial charge in [-0.3, -0.25) is 0 Å². The number of nitrogens with zero attached hydrogens (tertiary/aromatic N) is 2. The first-order valence-corrected chi connectivity index (χ1v) is 6.98. The van der Waals surface area contributed by atoms with E-state index in [9.17, 15) is 5.11 Å². The van der Waals surface area contributed by atoms with Gasteiger partial charge in [-0.1, -0.05) is 20.8 Å². The maximum absolute atomic E-state index is 10.6. The van der Waals surface area contributed by atoms with Gasteiger partial charge in [0.05, 0.1) is 0 Å². The van der Waals surface area contributed by atoms with E-state index in [4.69, 9.17) is 4.74 Å². The Labute approximate surface area is 110 Å². The fourth-order valence-corrected chi connectivity index (χ4v) is 2.44.